The van der Waals surface area contributed by atoms with Crippen LogP contribution in [0, 0.1) is 0 Å². The minimum Gasteiger partial charge on any atom is -0.353 e. The maximum absolute atomic E-state index is 12.3. The second-order valence-corrected chi connectivity index (χ2v) is 6.04. The number of hydrogen-bond acceptors (Lipinski definition) is 4. The predicted molar refractivity (Wildman–Crippen MR) is 75.4 cm³/mol. The number of nitrogens with zero attached hydrogens (tertiary/aromatic N) is 4. The Morgan fingerprint density at radius 2 is 1.79 bits per heavy atom. The van der Waals surface area contributed by atoms with Gasteiger partial charge in [-0.1, -0.05) is 20.8 Å². The molecule has 0 bridgehead atoms. The van der Waals surface area contributed by atoms with Crippen LogP contribution in [-0.2, 0) is 5.41 Å². The van der Waals surface area contributed by atoms with E-state index >= 15 is 0 Å². The van der Waals surface area contributed by atoms with Crippen LogP contribution in [0.25, 0.3) is 0 Å². The first-order valence-electron chi connectivity index (χ1n) is 6.88. The molecule has 1 aliphatic heterocycles. The predicted octanol–water partition coefficient (Wildman–Crippen LogP) is 1.87. The Labute approximate surface area is 114 Å². The fraction of sp³-hybridized carbons (Fsp3) is 0.714. The van der Waals surface area contributed by atoms with Crippen LogP contribution >= 0.6 is 0 Å². The summed E-state index contributed by atoms with van der Waals surface area (Å²) in [6.07, 6.45) is 0. The van der Waals surface area contributed by atoms with Crippen molar-refractivity contribution in [2.75, 3.05) is 44.3 Å². The maximum atomic E-state index is 12.3. The third kappa shape index (κ3) is 3.62. The van der Waals surface area contributed by atoms with Gasteiger partial charge in [-0.2, -0.15) is 5.10 Å². The molecule has 0 radical (unpaired) electrons. The van der Waals surface area contributed by atoms with E-state index in [1.807, 2.05) is 6.07 Å². The summed E-state index contributed by atoms with van der Waals surface area (Å²) in [6, 6.07) is 4.09. The van der Waals surface area contributed by atoms with Crippen molar-refractivity contribution < 1.29 is 4.39 Å². The first-order valence-corrected chi connectivity index (χ1v) is 6.88. The molecule has 1 aromatic heterocycles. The summed E-state index contributed by atoms with van der Waals surface area (Å²) in [5.74, 6) is 0.924. The minimum absolute atomic E-state index is 0.0331. The van der Waals surface area contributed by atoms with Gasteiger partial charge >= 0.3 is 0 Å². The van der Waals surface area contributed by atoms with Crippen molar-refractivity contribution in [1.29, 1.82) is 0 Å². The highest BCUT2D eigenvalue weighted by molar-refractivity contribution is 5.38. The molecule has 0 aromatic carbocycles. The van der Waals surface area contributed by atoms with Crippen molar-refractivity contribution in [3.05, 3.63) is 17.8 Å². The van der Waals surface area contributed by atoms with E-state index in [0.717, 1.165) is 37.7 Å². The van der Waals surface area contributed by atoms with Gasteiger partial charge in [-0.25, -0.2) is 4.39 Å². The van der Waals surface area contributed by atoms with Crippen LogP contribution in [0.2, 0.25) is 0 Å². The molecule has 0 amide bonds. The number of alkyl halides is 1. The summed E-state index contributed by atoms with van der Waals surface area (Å²) in [5.41, 5.74) is 1.04. The summed E-state index contributed by atoms with van der Waals surface area (Å²) in [6.45, 7) is 10.3. The number of piperazine rings is 1. The second-order valence-electron chi connectivity index (χ2n) is 6.04. The fourth-order valence-corrected chi connectivity index (χ4v) is 2.21. The van der Waals surface area contributed by atoms with Crippen LogP contribution in [0.15, 0.2) is 12.1 Å². The Morgan fingerprint density at radius 3 is 2.26 bits per heavy atom. The smallest absolute Gasteiger partial charge is 0.151 e. The van der Waals surface area contributed by atoms with Crippen LogP contribution in [0.3, 0.4) is 0 Å². The molecule has 1 aliphatic rings. The van der Waals surface area contributed by atoms with Crippen molar-refractivity contribution in [3.63, 3.8) is 0 Å². The normalized spacial score (nSPS) is 17.8. The van der Waals surface area contributed by atoms with E-state index in [9.17, 15) is 4.39 Å². The van der Waals surface area contributed by atoms with Gasteiger partial charge in [0.1, 0.15) is 6.67 Å². The zero-order chi connectivity index (χ0) is 13.9. The average Bonchev–Trinajstić information content (AvgIpc) is 2.39. The van der Waals surface area contributed by atoms with Crippen molar-refractivity contribution >= 4 is 5.82 Å². The maximum Gasteiger partial charge on any atom is 0.151 e. The summed E-state index contributed by atoms with van der Waals surface area (Å²) >= 11 is 0. The van der Waals surface area contributed by atoms with E-state index in [1.54, 1.807) is 0 Å². The zero-order valence-electron chi connectivity index (χ0n) is 12.1. The van der Waals surface area contributed by atoms with E-state index < -0.39 is 0 Å². The number of rotatable bonds is 3. The monoisotopic (exact) mass is 266 g/mol. The third-order valence-electron chi connectivity index (χ3n) is 3.52. The van der Waals surface area contributed by atoms with Crippen LogP contribution in [-0.4, -0.2) is 54.5 Å². The molecule has 0 N–H and O–H groups in total. The van der Waals surface area contributed by atoms with Gasteiger partial charge in [-0.3, -0.25) is 4.90 Å². The van der Waals surface area contributed by atoms with Crippen molar-refractivity contribution in [2.24, 2.45) is 0 Å². The Hall–Kier alpha value is -1.23. The molecule has 2 rings (SSSR count). The Balaban J connectivity index is 1.97. The quantitative estimate of drug-likeness (QED) is 0.836. The minimum atomic E-state index is -0.264. The molecule has 0 aliphatic carbocycles. The number of aromatic nitrogens is 2. The van der Waals surface area contributed by atoms with E-state index in [1.165, 1.54) is 0 Å². The SMILES string of the molecule is CC(C)(C)c1ccc(N2CCN(CCF)CC2)nn1. The van der Waals surface area contributed by atoms with Crippen molar-refractivity contribution in [2.45, 2.75) is 26.2 Å². The number of anilines is 1. The van der Waals surface area contributed by atoms with Gasteiger partial charge in [0, 0.05) is 38.1 Å². The highest BCUT2D eigenvalue weighted by Gasteiger charge is 2.20. The number of hydrogen-bond donors (Lipinski definition) is 0. The van der Waals surface area contributed by atoms with Gasteiger partial charge in [0.2, 0.25) is 0 Å². The average molecular weight is 266 g/mol. The molecule has 0 atom stereocenters. The topological polar surface area (TPSA) is 32.3 Å². The zero-order valence-corrected chi connectivity index (χ0v) is 12.1. The third-order valence-corrected chi connectivity index (χ3v) is 3.52. The summed E-state index contributed by atoms with van der Waals surface area (Å²) in [4.78, 5) is 4.36. The lowest BCUT2D eigenvalue weighted by molar-refractivity contribution is 0.235. The Kier molecular flexibility index (Phi) is 4.34. The standard InChI is InChI=1S/C14H23FN4/c1-14(2,3)12-4-5-13(17-16-12)19-10-8-18(7-6-15)9-11-19/h4-5H,6-11H2,1-3H3. The van der Waals surface area contributed by atoms with Gasteiger partial charge in [-0.15, -0.1) is 5.10 Å². The molecule has 2 heterocycles. The van der Waals surface area contributed by atoms with Gasteiger partial charge in [-0.05, 0) is 12.1 Å². The second kappa shape index (κ2) is 5.82. The van der Waals surface area contributed by atoms with Crippen LogP contribution in [0.1, 0.15) is 26.5 Å². The first kappa shape index (κ1) is 14.2. The summed E-state index contributed by atoms with van der Waals surface area (Å²) < 4.78 is 12.3. The lowest BCUT2D eigenvalue weighted by Gasteiger charge is -2.34. The molecule has 19 heavy (non-hydrogen) atoms. The molecule has 1 saturated heterocycles. The number of halogens is 1. The van der Waals surface area contributed by atoms with E-state index in [2.05, 4.69) is 46.8 Å². The Bertz CT molecular complexity index is 391. The van der Waals surface area contributed by atoms with Gasteiger partial charge in [0.15, 0.2) is 5.82 Å². The first-order chi connectivity index (χ1) is 9.00. The van der Waals surface area contributed by atoms with Gasteiger partial charge < -0.3 is 4.90 Å². The molecular weight excluding hydrogens is 243 g/mol. The van der Waals surface area contributed by atoms with Crippen molar-refractivity contribution in [3.8, 4) is 0 Å². The molecule has 0 saturated carbocycles. The summed E-state index contributed by atoms with van der Waals surface area (Å²) in [5, 5.41) is 8.64. The molecule has 5 heteroatoms. The molecular formula is C14H23FN4. The van der Waals surface area contributed by atoms with E-state index in [4.69, 9.17) is 0 Å². The fourth-order valence-electron chi connectivity index (χ4n) is 2.21. The summed E-state index contributed by atoms with van der Waals surface area (Å²) in [7, 11) is 0. The molecule has 106 valence electrons. The molecule has 4 nitrogen and oxygen atoms in total. The molecule has 1 fully saturated rings. The highest BCUT2D eigenvalue weighted by atomic mass is 19.1. The largest absolute Gasteiger partial charge is 0.353 e. The molecule has 0 spiro atoms. The molecule has 1 aromatic rings. The lowest BCUT2D eigenvalue weighted by atomic mass is 9.92. The molecule has 0 unspecified atom stereocenters. The van der Waals surface area contributed by atoms with Crippen LogP contribution in [0.5, 0.6) is 0 Å². The van der Waals surface area contributed by atoms with Crippen LogP contribution < -0.4 is 4.90 Å². The Morgan fingerprint density at radius 1 is 1.11 bits per heavy atom. The van der Waals surface area contributed by atoms with Gasteiger partial charge in [0.05, 0.1) is 5.69 Å². The highest BCUT2D eigenvalue weighted by Crippen LogP contribution is 2.21. The van der Waals surface area contributed by atoms with Gasteiger partial charge in [0.25, 0.3) is 0 Å². The van der Waals surface area contributed by atoms with E-state index in [-0.39, 0.29) is 12.1 Å². The van der Waals surface area contributed by atoms with Crippen molar-refractivity contribution in [1.82, 2.24) is 15.1 Å². The van der Waals surface area contributed by atoms with Crippen LogP contribution in [0.4, 0.5) is 10.2 Å². The van der Waals surface area contributed by atoms with E-state index in [0.29, 0.717) is 6.54 Å². The lowest BCUT2D eigenvalue weighted by Crippen LogP contribution is -2.47.